The molecule has 0 saturated heterocycles. The van der Waals surface area contributed by atoms with E-state index in [1.165, 1.54) is 25.6 Å². The summed E-state index contributed by atoms with van der Waals surface area (Å²) in [6.07, 6.45) is 3.29. The van der Waals surface area contributed by atoms with E-state index in [-0.39, 0.29) is 16.0 Å². The van der Waals surface area contributed by atoms with Gasteiger partial charge in [0.25, 0.3) is 0 Å². The zero-order chi connectivity index (χ0) is 12.9. The Morgan fingerprint density at radius 3 is 2.82 bits per heavy atom. The molecule has 0 aliphatic carbocycles. The number of ether oxygens (including phenoxy) is 1. The smallest absolute Gasteiger partial charge is 0.243 e. The van der Waals surface area contributed by atoms with E-state index in [0.29, 0.717) is 13.0 Å². The van der Waals surface area contributed by atoms with Gasteiger partial charge in [-0.15, -0.1) is 0 Å². The van der Waals surface area contributed by atoms with Crippen LogP contribution in [0.2, 0.25) is 5.02 Å². The Hall–Kier alpha value is -0.690. The maximum absolute atomic E-state index is 12.0. The summed E-state index contributed by atoms with van der Waals surface area (Å²) in [6, 6.07) is 1.16. The van der Waals surface area contributed by atoms with Gasteiger partial charge in [0.05, 0.1) is 11.6 Å². The van der Waals surface area contributed by atoms with Crippen LogP contribution < -0.4 is 4.72 Å². The van der Waals surface area contributed by atoms with Gasteiger partial charge in [-0.25, -0.2) is 13.1 Å². The van der Waals surface area contributed by atoms with Crippen LogP contribution in [-0.4, -0.2) is 33.2 Å². The zero-order valence-corrected chi connectivity index (χ0v) is 11.3. The topological polar surface area (TPSA) is 68.3 Å². The van der Waals surface area contributed by atoms with Gasteiger partial charge in [0.15, 0.2) is 0 Å². The summed E-state index contributed by atoms with van der Waals surface area (Å²) in [7, 11) is -2.13. The maximum Gasteiger partial charge on any atom is 0.243 e. The first-order valence-corrected chi connectivity index (χ1v) is 6.98. The Morgan fingerprint density at radius 1 is 1.59 bits per heavy atom. The lowest BCUT2D eigenvalue weighted by Crippen LogP contribution is -2.37. The summed E-state index contributed by atoms with van der Waals surface area (Å²) in [5.74, 6) is 0. The second-order valence-electron chi connectivity index (χ2n) is 3.49. The van der Waals surface area contributed by atoms with Gasteiger partial charge in [0.1, 0.15) is 4.90 Å². The summed E-state index contributed by atoms with van der Waals surface area (Å²) in [6.45, 7) is 2.19. The molecule has 17 heavy (non-hydrogen) atoms. The van der Waals surface area contributed by atoms with Crippen molar-refractivity contribution in [3.8, 4) is 0 Å². The number of hydrogen-bond acceptors (Lipinski definition) is 4. The van der Waals surface area contributed by atoms with Crippen molar-refractivity contribution in [3.63, 3.8) is 0 Å². The molecule has 0 fully saturated rings. The van der Waals surface area contributed by atoms with Crippen molar-refractivity contribution < 1.29 is 13.2 Å². The van der Waals surface area contributed by atoms with Crippen molar-refractivity contribution in [1.29, 1.82) is 0 Å². The van der Waals surface area contributed by atoms with Crippen LogP contribution in [0.3, 0.4) is 0 Å². The monoisotopic (exact) mass is 278 g/mol. The number of hydrogen-bond donors (Lipinski definition) is 1. The van der Waals surface area contributed by atoms with Gasteiger partial charge in [-0.1, -0.05) is 18.5 Å². The normalized spacial score (nSPS) is 13.6. The summed E-state index contributed by atoms with van der Waals surface area (Å²) < 4.78 is 31.5. The van der Waals surface area contributed by atoms with Crippen molar-refractivity contribution in [2.45, 2.75) is 24.3 Å². The standard InChI is InChI=1S/C10H15ClN2O3S/c1-3-8(7-16-2)13-17(14,15)10-6-12-5-4-9(10)11/h4-6,8,13H,3,7H2,1-2H3. The van der Waals surface area contributed by atoms with Crippen LogP contribution in [-0.2, 0) is 14.8 Å². The van der Waals surface area contributed by atoms with Gasteiger partial charge in [-0.3, -0.25) is 4.98 Å². The highest BCUT2D eigenvalue weighted by atomic mass is 35.5. The fourth-order valence-electron chi connectivity index (χ4n) is 1.28. The first-order chi connectivity index (χ1) is 8.01. The van der Waals surface area contributed by atoms with Crippen LogP contribution in [0.5, 0.6) is 0 Å². The van der Waals surface area contributed by atoms with Crippen molar-refractivity contribution in [3.05, 3.63) is 23.5 Å². The molecule has 1 unspecified atom stereocenters. The van der Waals surface area contributed by atoms with E-state index >= 15 is 0 Å². The number of aromatic nitrogens is 1. The summed E-state index contributed by atoms with van der Waals surface area (Å²) in [4.78, 5) is 3.74. The molecule has 7 heteroatoms. The third kappa shape index (κ3) is 3.92. The second kappa shape index (κ2) is 6.30. The molecule has 1 atom stereocenters. The molecule has 0 aliphatic rings. The highest BCUT2D eigenvalue weighted by molar-refractivity contribution is 7.89. The Balaban J connectivity index is 2.92. The molecule has 0 bridgehead atoms. The molecule has 0 radical (unpaired) electrons. The van der Waals surface area contributed by atoms with E-state index in [2.05, 4.69) is 9.71 Å². The number of rotatable bonds is 6. The van der Waals surface area contributed by atoms with Gasteiger partial charge in [0, 0.05) is 25.5 Å². The lowest BCUT2D eigenvalue weighted by atomic mass is 10.3. The summed E-state index contributed by atoms with van der Waals surface area (Å²) in [5, 5.41) is 0.153. The van der Waals surface area contributed by atoms with Gasteiger partial charge in [0.2, 0.25) is 10.0 Å². The first-order valence-electron chi connectivity index (χ1n) is 5.12. The lowest BCUT2D eigenvalue weighted by molar-refractivity contribution is 0.173. The fraction of sp³-hybridized carbons (Fsp3) is 0.500. The second-order valence-corrected chi connectivity index (χ2v) is 5.58. The number of nitrogens with one attached hydrogen (secondary N) is 1. The van der Waals surface area contributed by atoms with Crippen LogP contribution in [0.25, 0.3) is 0 Å². The molecule has 1 N–H and O–H groups in total. The van der Waals surface area contributed by atoms with Gasteiger partial charge >= 0.3 is 0 Å². The predicted molar refractivity (Wildman–Crippen MR) is 65.5 cm³/mol. The highest BCUT2D eigenvalue weighted by Gasteiger charge is 2.21. The minimum atomic E-state index is -3.65. The number of pyridine rings is 1. The Morgan fingerprint density at radius 2 is 2.29 bits per heavy atom. The van der Waals surface area contributed by atoms with E-state index in [4.69, 9.17) is 16.3 Å². The average Bonchev–Trinajstić information content (AvgIpc) is 2.28. The molecule has 5 nitrogen and oxygen atoms in total. The molecule has 1 heterocycles. The van der Waals surface area contributed by atoms with E-state index in [9.17, 15) is 8.42 Å². The Bertz CT molecular complexity index is 464. The molecule has 0 saturated carbocycles. The van der Waals surface area contributed by atoms with E-state index in [1.54, 1.807) is 0 Å². The van der Waals surface area contributed by atoms with Crippen molar-refractivity contribution in [2.75, 3.05) is 13.7 Å². The van der Waals surface area contributed by atoms with Gasteiger partial charge in [-0.2, -0.15) is 0 Å². The molecule has 0 aromatic carbocycles. The molecule has 96 valence electrons. The minimum absolute atomic E-state index is 0.0174. The van der Waals surface area contributed by atoms with Crippen molar-refractivity contribution in [2.24, 2.45) is 0 Å². The number of halogens is 1. The van der Waals surface area contributed by atoms with Crippen LogP contribution in [0, 0.1) is 0 Å². The third-order valence-corrected chi connectivity index (χ3v) is 4.20. The van der Waals surface area contributed by atoms with Crippen LogP contribution in [0.15, 0.2) is 23.4 Å². The minimum Gasteiger partial charge on any atom is -0.383 e. The maximum atomic E-state index is 12.0. The molecule has 1 aromatic rings. The lowest BCUT2D eigenvalue weighted by Gasteiger charge is -2.16. The predicted octanol–water partition coefficient (Wildman–Crippen LogP) is 1.44. The fourth-order valence-corrected chi connectivity index (χ4v) is 3.01. The number of sulfonamides is 1. The zero-order valence-electron chi connectivity index (χ0n) is 9.68. The average molecular weight is 279 g/mol. The molecule has 0 amide bonds. The van der Waals surface area contributed by atoms with Crippen LogP contribution in [0.4, 0.5) is 0 Å². The summed E-state index contributed by atoms with van der Waals surface area (Å²) in [5.41, 5.74) is 0. The van der Waals surface area contributed by atoms with Gasteiger partial charge < -0.3 is 4.74 Å². The first kappa shape index (κ1) is 14.4. The molecule has 0 spiro atoms. The highest BCUT2D eigenvalue weighted by Crippen LogP contribution is 2.19. The quantitative estimate of drug-likeness (QED) is 0.855. The SMILES string of the molecule is CCC(COC)NS(=O)(=O)c1cnccc1Cl. The molecule has 1 rings (SSSR count). The number of nitrogens with zero attached hydrogens (tertiary/aromatic N) is 1. The van der Waals surface area contributed by atoms with Crippen molar-refractivity contribution in [1.82, 2.24) is 9.71 Å². The van der Waals surface area contributed by atoms with Crippen LogP contribution in [0.1, 0.15) is 13.3 Å². The molecule has 1 aromatic heterocycles. The largest absolute Gasteiger partial charge is 0.383 e. The molecular weight excluding hydrogens is 264 g/mol. The summed E-state index contributed by atoms with van der Waals surface area (Å²) >= 11 is 5.82. The Kier molecular flexibility index (Phi) is 5.32. The molecular formula is C10H15ClN2O3S. The van der Waals surface area contributed by atoms with Gasteiger partial charge in [-0.05, 0) is 12.5 Å². The van der Waals surface area contributed by atoms with E-state index in [0.717, 1.165) is 0 Å². The van der Waals surface area contributed by atoms with Crippen molar-refractivity contribution >= 4 is 21.6 Å². The number of methoxy groups -OCH3 is 1. The molecule has 0 aliphatic heterocycles. The van der Waals surface area contributed by atoms with Crippen LogP contribution >= 0.6 is 11.6 Å². The van der Waals surface area contributed by atoms with E-state index < -0.39 is 10.0 Å². The van der Waals surface area contributed by atoms with E-state index in [1.807, 2.05) is 6.92 Å². The third-order valence-electron chi connectivity index (χ3n) is 2.21. The Labute approximate surface area is 106 Å².